The van der Waals surface area contributed by atoms with Crippen molar-refractivity contribution in [3.63, 3.8) is 0 Å². The van der Waals surface area contributed by atoms with Gasteiger partial charge in [0.25, 0.3) is 5.72 Å². The lowest BCUT2D eigenvalue weighted by molar-refractivity contribution is -0.157. The maximum atomic E-state index is 11.5. The fraction of sp³-hybridized carbons (Fsp3) is 0.235. The molecule has 0 unspecified atom stereocenters. The van der Waals surface area contributed by atoms with Crippen molar-refractivity contribution in [3.05, 3.63) is 52.5 Å². The Hall–Kier alpha value is -1.95. The number of hydrogen-bond acceptors (Lipinski definition) is 4. The molecular formula is C17H15Cl2NO4. The summed E-state index contributed by atoms with van der Waals surface area (Å²) in [7, 11) is 0. The summed E-state index contributed by atoms with van der Waals surface area (Å²) in [5.41, 5.74) is -1.36. The van der Waals surface area contributed by atoms with E-state index in [2.05, 4.69) is 5.32 Å². The molecule has 2 aromatic rings. The number of ether oxygens (including phenoxy) is 2. The third-order valence-electron chi connectivity index (χ3n) is 3.70. The molecule has 0 radical (unpaired) electrons. The zero-order valence-corrected chi connectivity index (χ0v) is 14.1. The number of rotatable bonds is 5. The Bertz CT molecular complexity index is 743. The molecule has 3 rings (SSSR count). The molecule has 0 bridgehead atoms. The highest BCUT2D eigenvalue weighted by Crippen LogP contribution is 2.33. The second-order valence-electron chi connectivity index (χ2n) is 5.41. The van der Waals surface area contributed by atoms with Gasteiger partial charge in [-0.25, -0.2) is 4.79 Å². The van der Waals surface area contributed by atoms with Crippen LogP contribution in [0.2, 0.25) is 10.0 Å². The lowest BCUT2D eigenvalue weighted by Gasteiger charge is -2.25. The number of halogens is 2. The molecule has 1 fully saturated rings. The van der Waals surface area contributed by atoms with Crippen molar-refractivity contribution in [2.45, 2.75) is 18.6 Å². The number of nitrogens with one attached hydrogen (secondary N) is 1. The van der Waals surface area contributed by atoms with Crippen molar-refractivity contribution in [3.8, 4) is 17.2 Å². The normalized spacial score (nSPS) is 19.9. The van der Waals surface area contributed by atoms with E-state index in [0.717, 1.165) is 6.42 Å². The van der Waals surface area contributed by atoms with Crippen molar-refractivity contribution >= 4 is 29.2 Å². The summed E-state index contributed by atoms with van der Waals surface area (Å²) in [6.45, 7) is 0.614. The number of benzene rings is 2. The van der Waals surface area contributed by atoms with Crippen LogP contribution >= 0.6 is 23.2 Å². The number of carboxylic acid groups (broad SMARTS) is 1. The molecule has 1 saturated heterocycles. The average Bonchev–Trinajstić information content (AvgIpc) is 3.02. The van der Waals surface area contributed by atoms with Crippen LogP contribution in [0.15, 0.2) is 42.5 Å². The number of hydrogen-bond donors (Lipinski definition) is 2. The van der Waals surface area contributed by atoms with Gasteiger partial charge in [-0.15, -0.1) is 0 Å². The van der Waals surface area contributed by atoms with Gasteiger partial charge in [0.05, 0.1) is 5.02 Å². The Morgan fingerprint density at radius 1 is 1.12 bits per heavy atom. The molecule has 126 valence electrons. The predicted octanol–water partition coefficient (Wildman–Crippen LogP) is 4.33. The SMILES string of the molecule is O=C(O)[C@]1(Oc2ccc(Oc3ccc(Cl)cc3Cl)cc2)CCCN1. The van der Waals surface area contributed by atoms with E-state index in [1.54, 1.807) is 42.5 Å². The Kier molecular flexibility index (Phi) is 4.85. The maximum Gasteiger partial charge on any atom is 0.363 e. The van der Waals surface area contributed by atoms with Gasteiger partial charge < -0.3 is 14.6 Å². The summed E-state index contributed by atoms with van der Waals surface area (Å²) in [4.78, 5) is 11.5. The fourth-order valence-corrected chi connectivity index (χ4v) is 2.94. The molecule has 1 atom stereocenters. The Morgan fingerprint density at radius 2 is 1.83 bits per heavy atom. The van der Waals surface area contributed by atoms with Gasteiger partial charge in [0, 0.05) is 11.4 Å². The van der Waals surface area contributed by atoms with Crippen LogP contribution in [0.4, 0.5) is 0 Å². The van der Waals surface area contributed by atoms with Crippen LogP contribution in [0.1, 0.15) is 12.8 Å². The van der Waals surface area contributed by atoms with E-state index >= 15 is 0 Å². The molecule has 2 aromatic carbocycles. The highest BCUT2D eigenvalue weighted by molar-refractivity contribution is 6.35. The first-order chi connectivity index (χ1) is 11.5. The highest BCUT2D eigenvalue weighted by Gasteiger charge is 2.43. The first kappa shape index (κ1) is 16.9. The summed E-state index contributed by atoms with van der Waals surface area (Å²) in [5.74, 6) is 0.458. The van der Waals surface area contributed by atoms with Gasteiger partial charge >= 0.3 is 5.97 Å². The quantitative estimate of drug-likeness (QED) is 0.822. The highest BCUT2D eigenvalue weighted by atomic mass is 35.5. The number of carboxylic acids is 1. The third kappa shape index (κ3) is 3.59. The van der Waals surface area contributed by atoms with E-state index < -0.39 is 11.7 Å². The minimum absolute atomic E-state index is 0.405. The smallest absolute Gasteiger partial charge is 0.363 e. The van der Waals surface area contributed by atoms with Gasteiger partial charge in [-0.05, 0) is 55.4 Å². The zero-order valence-electron chi connectivity index (χ0n) is 12.6. The standard InChI is InChI=1S/C17H15Cl2NO4/c18-11-2-7-15(14(19)10-11)23-12-3-5-13(6-4-12)24-17(16(21)22)8-1-9-20-17/h2-7,10,20H,1,8-9H2,(H,21,22)/t17-/m1/s1. The predicted molar refractivity (Wildman–Crippen MR) is 91.2 cm³/mol. The largest absolute Gasteiger partial charge is 0.477 e. The summed E-state index contributed by atoms with van der Waals surface area (Å²) in [5, 5.41) is 13.2. The van der Waals surface area contributed by atoms with Crippen LogP contribution < -0.4 is 14.8 Å². The van der Waals surface area contributed by atoms with E-state index in [4.69, 9.17) is 32.7 Å². The van der Waals surface area contributed by atoms with E-state index in [1.165, 1.54) is 0 Å². The monoisotopic (exact) mass is 367 g/mol. The molecule has 0 saturated carbocycles. The fourth-order valence-electron chi connectivity index (χ4n) is 2.49. The van der Waals surface area contributed by atoms with Gasteiger partial charge in [0.2, 0.25) is 0 Å². The van der Waals surface area contributed by atoms with Gasteiger partial charge in [-0.2, -0.15) is 0 Å². The Morgan fingerprint density at radius 3 is 2.42 bits per heavy atom. The van der Waals surface area contributed by atoms with Crippen molar-refractivity contribution in [2.75, 3.05) is 6.54 Å². The molecule has 1 aliphatic rings. The van der Waals surface area contributed by atoms with Crippen LogP contribution in [0, 0.1) is 0 Å². The number of carbonyl (C=O) groups is 1. The van der Waals surface area contributed by atoms with Gasteiger partial charge in [-0.3, -0.25) is 5.32 Å². The Labute approximate surface area is 149 Å². The van der Waals surface area contributed by atoms with Gasteiger partial charge in [0.1, 0.15) is 17.2 Å². The van der Waals surface area contributed by atoms with Crippen LogP contribution in [-0.4, -0.2) is 23.3 Å². The van der Waals surface area contributed by atoms with Crippen molar-refractivity contribution in [1.29, 1.82) is 0 Å². The molecule has 2 N–H and O–H groups in total. The molecule has 7 heteroatoms. The average molecular weight is 368 g/mol. The van der Waals surface area contributed by atoms with Crippen LogP contribution in [-0.2, 0) is 4.79 Å². The van der Waals surface area contributed by atoms with E-state index in [0.29, 0.717) is 40.3 Å². The first-order valence-corrected chi connectivity index (χ1v) is 8.14. The molecule has 0 aromatic heterocycles. The van der Waals surface area contributed by atoms with Crippen molar-refractivity contribution < 1.29 is 19.4 Å². The lowest BCUT2D eigenvalue weighted by atomic mass is 10.1. The van der Waals surface area contributed by atoms with Crippen LogP contribution in [0.25, 0.3) is 0 Å². The number of aliphatic carboxylic acids is 1. The molecule has 5 nitrogen and oxygen atoms in total. The van der Waals surface area contributed by atoms with Crippen LogP contribution in [0.5, 0.6) is 17.2 Å². The molecule has 0 spiro atoms. The summed E-state index contributed by atoms with van der Waals surface area (Å²) in [6.07, 6.45) is 1.17. The lowest BCUT2D eigenvalue weighted by Crippen LogP contribution is -2.52. The first-order valence-electron chi connectivity index (χ1n) is 7.39. The molecule has 24 heavy (non-hydrogen) atoms. The summed E-state index contributed by atoms with van der Waals surface area (Å²) < 4.78 is 11.3. The maximum absolute atomic E-state index is 11.5. The third-order valence-corrected chi connectivity index (χ3v) is 4.23. The topological polar surface area (TPSA) is 67.8 Å². The zero-order chi connectivity index (χ0) is 17.2. The molecule has 0 amide bonds. The molecular weight excluding hydrogens is 353 g/mol. The molecule has 1 aliphatic heterocycles. The second kappa shape index (κ2) is 6.89. The Balaban J connectivity index is 1.72. The van der Waals surface area contributed by atoms with E-state index in [-0.39, 0.29) is 0 Å². The second-order valence-corrected chi connectivity index (χ2v) is 6.26. The van der Waals surface area contributed by atoms with Gasteiger partial charge in [-0.1, -0.05) is 23.2 Å². The van der Waals surface area contributed by atoms with Gasteiger partial charge in [0.15, 0.2) is 0 Å². The van der Waals surface area contributed by atoms with E-state index in [1.807, 2.05) is 0 Å². The molecule has 1 heterocycles. The van der Waals surface area contributed by atoms with E-state index in [9.17, 15) is 9.90 Å². The summed E-state index contributed by atoms with van der Waals surface area (Å²) >= 11 is 11.9. The van der Waals surface area contributed by atoms with Crippen molar-refractivity contribution in [2.24, 2.45) is 0 Å². The van der Waals surface area contributed by atoms with Crippen LogP contribution in [0.3, 0.4) is 0 Å². The summed E-state index contributed by atoms with van der Waals surface area (Å²) in [6, 6.07) is 11.6. The van der Waals surface area contributed by atoms with Crippen molar-refractivity contribution in [1.82, 2.24) is 5.32 Å². The minimum Gasteiger partial charge on any atom is -0.477 e. The minimum atomic E-state index is -1.36. The molecule has 0 aliphatic carbocycles.